The van der Waals surface area contributed by atoms with E-state index in [0.29, 0.717) is 22.8 Å². The Morgan fingerprint density at radius 1 is 0.633 bits per heavy atom. The number of amides is 2. The van der Waals surface area contributed by atoms with Gasteiger partial charge in [-0.3, -0.25) is 9.59 Å². The number of carbonyl (C=O) groups excluding carboxylic acids is 2. The van der Waals surface area contributed by atoms with Crippen LogP contribution in [0.25, 0.3) is 44.8 Å². The third kappa shape index (κ3) is 2.96. The van der Waals surface area contributed by atoms with Crippen LogP contribution in [0.15, 0.2) is 60.7 Å². The zero-order chi connectivity index (χ0) is 20.8. The highest BCUT2D eigenvalue weighted by atomic mass is 16.1. The van der Waals surface area contributed by atoms with Crippen molar-refractivity contribution in [1.29, 1.82) is 0 Å². The molecule has 0 radical (unpaired) electrons. The SMILES string of the molecule is NC(=O)c1ccc2nc(-c3ccc(-c4nc5ccc(C(N)=O)cc5[nH]4)cc3)[nH]c2c1. The van der Waals surface area contributed by atoms with Crippen LogP contribution in [0.3, 0.4) is 0 Å². The number of rotatable bonds is 4. The van der Waals surface area contributed by atoms with Crippen LogP contribution in [0.1, 0.15) is 20.7 Å². The molecule has 0 aliphatic rings. The number of hydrogen-bond donors (Lipinski definition) is 4. The standard InChI is InChI=1S/C22H16N6O2/c23-19(29)13-5-7-15-17(9-13)27-21(25-15)11-1-2-12(4-3-11)22-26-16-8-6-14(20(24)30)10-18(16)28-22/h1-10H,(H2,23,29)(H2,24,30)(H,25,27)(H,26,28). The molecule has 8 nitrogen and oxygen atoms in total. The molecule has 146 valence electrons. The Bertz CT molecular complexity index is 1340. The van der Waals surface area contributed by atoms with Crippen LogP contribution in [0.4, 0.5) is 0 Å². The van der Waals surface area contributed by atoms with Crippen LogP contribution in [-0.4, -0.2) is 31.8 Å². The molecule has 0 bridgehead atoms. The number of nitrogens with one attached hydrogen (secondary N) is 2. The van der Waals surface area contributed by atoms with Gasteiger partial charge in [0, 0.05) is 22.3 Å². The molecule has 0 unspecified atom stereocenters. The fourth-order valence-electron chi connectivity index (χ4n) is 3.39. The number of fused-ring (bicyclic) bond motifs is 2. The third-order valence-corrected chi connectivity index (χ3v) is 4.96. The summed E-state index contributed by atoms with van der Waals surface area (Å²) < 4.78 is 0. The molecule has 5 rings (SSSR count). The lowest BCUT2D eigenvalue weighted by molar-refractivity contribution is 0.0992. The predicted octanol–water partition coefficient (Wildman–Crippen LogP) is 2.97. The highest BCUT2D eigenvalue weighted by Crippen LogP contribution is 2.26. The molecule has 2 aromatic heterocycles. The number of hydrogen-bond acceptors (Lipinski definition) is 4. The lowest BCUT2D eigenvalue weighted by Gasteiger charge is -1.99. The molecule has 8 heteroatoms. The van der Waals surface area contributed by atoms with Gasteiger partial charge in [-0.25, -0.2) is 9.97 Å². The average molecular weight is 396 g/mol. The van der Waals surface area contributed by atoms with E-state index in [1.165, 1.54) is 0 Å². The van der Waals surface area contributed by atoms with Crippen molar-refractivity contribution in [3.05, 3.63) is 71.8 Å². The van der Waals surface area contributed by atoms with E-state index in [1.54, 1.807) is 36.4 Å². The second-order valence-electron chi connectivity index (χ2n) is 6.94. The van der Waals surface area contributed by atoms with Crippen LogP contribution >= 0.6 is 0 Å². The van der Waals surface area contributed by atoms with E-state index in [4.69, 9.17) is 11.5 Å². The summed E-state index contributed by atoms with van der Waals surface area (Å²) in [6.45, 7) is 0. The number of nitrogens with two attached hydrogens (primary N) is 2. The zero-order valence-electron chi connectivity index (χ0n) is 15.6. The van der Waals surface area contributed by atoms with Crippen LogP contribution in [-0.2, 0) is 0 Å². The number of H-pyrrole nitrogens is 2. The predicted molar refractivity (Wildman–Crippen MR) is 114 cm³/mol. The first-order valence-corrected chi connectivity index (χ1v) is 9.18. The van der Waals surface area contributed by atoms with Gasteiger partial charge < -0.3 is 21.4 Å². The Morgan fingerprint density at radius 3 is 1.40 bits per heavy atom. The van der Waals surface area contributed by atoms with Gasteiger partial charge in [-0.1, -0.05) is 24.3 Å². The minimum Gasteiger partial charge on any atom is -0.366 e. The van der Waals surface area contributed by atoms with Crippen molar-refractivity contribution >= 4 is 33.9 Å². The van der Waals surface area contributed by atoms with E-state index < -0.39 is 11.8 Å². The summed E-state index contributed by atoms with van der Waals surface area (Å²) in [5.74, 6) is 0.417. The number of aromatic nitrogens is 4. The quantitative estimate of drug-likeness (QED) is 0.370. The number of carbonyl (C=O) groups is 2. The van der Waals surface area contributed by atoms with Gasteiger partial charge in [-0.15, -0.1) is 0 Å². The lowest BCUT2D eigenvalue weighted by atomic mass is 10.1. The summed E-state index contributed by atoms with van der Waals surface area (Å²) in [4.78, 5) is 38.3. The number of imidazole rings is 2. The molecule has 2 amide bonds. The number of nitrogens with zero attached hydrogens (tertiary/aromatic N) is 2. The maximum Gasteiger partial charge on any atom is 0.248 e. The largest absolute Gasteiger partial charge is 0.366 e. The molecule has 30 heavy (non-hydrogen) atoms. The van der Waals surface area contributed by atoms with Gasteiger partial charge in [0.25, 0.3) is 0 Å². The van der Waals surface area contributed by atoms with E-state index in [2.05, 4.69) is 19.9 Å². The van der Waals surface area contributed by atoms with Gasteiger partial charge in [0.1, 0.15) is 11.6 Å². The van der Waals surface area contributed by atoms with Gasteiger partial charge in [0.05, 0.1) is 22.1 Å². The van der Waals surface area contributed by atoms with Crippen LogP contribution in [0.2, 0.25) is 0 Å². The summed E-state index contributed by atoms with van der Waals surface area (Å²) in [5, 5.41) is 0. The lowest BCUT2D eigenvalue weighted by Crippen LogP contribution is -2.10. The molecule has 0 spiro atoms. The van der Waals surface area contributed by atoms with E-state index in [0.717, 1.165) is 33.2 Å². The van der Waals surface area contributed by atoms with Gasteiger partial charge in [-0.2, -0.15) is 0 Å². The molecule has 3 aromatic carbocycles. The summed E-state index contributed by atoms with van der Waals surface area (Å²) in [5.41, 5.74) is 16.3. The van der Waals surface area contributed by atoms with Crippen LogP contribution in [0, 0.1) is 0 Å². The second-order valence-corrected chi connectivity index (χ2v) is 6.94. The summed E-state index contributed by atoms with van der Waals surface area (Å²) in [7, 11) is 0. The first-order chi connectivity index (χ1) is 14.5. The molecule has 6 N–H and O–H groups in total. The third-order valence-electron chi connectivity index (χ3n) is 4.96. The van der Waals surface area contributed by atoms with Crippen molar-refractivity contribution < 1.29 is 9.59 Å². The summed E-state index contributed by atoms with van der Waals surface area (Å²) in [6, 6.07) is 18.0. The van der Waals surface area contributed by atoms with Crippen molar-refractivity contribution in [3.8, 4) is 22.8 Å². The topological polar surface area (TPSA) is 144 Å². The minimum atomic E-state index is -0.480. The van der Waals surface area contributed by atoms with Crippen molar-refractivity contribution in [3.63, 3.8) is 0 Å². The van der Waals surface area contributed by atoms with E-state index in [1.807, 2.05) is 24.3 Å². The Labute approximate surface area is 169 Å². The average Bonchev–Trinajstić information content (AvgIpc) is 3.36. The highest BCUT2D eigenvalue weighted by molar-refractivity contribution is 5.97. The minimum absolute atomic E-state index is 0.428. The summed E-state index contributed by atoms with van der Waals surface area (Å²) >= 11 is 0. The van der Waals surface area contributed by atoms with E-state index in [9.17, 15) is 9.59 Å². The van der Waals surface area contributed by atoms with Crippen LogP contribution in [0.5, 0.6) is 0 Å². The monoisotopic (exact) mass is 396 g/mol. The Hall–Kier alpha value is -4.46. The highest BCUT2D eigenvalue weighted by Gasteiger charge is 2.11. The van der Waals surface area contributed by atoms with E-state index in [-0.39, 0.29) is 0 Å². The molecule has 0 aliphatic carbocycles. The van der Waals surface area contributed by atoms with Crippen molar-refractivity contribution in [2.24, 2.45) is 11.5 Å². The van der Waals surface area contributed by atoms with Crippen molar-refractivity contribution in [2.45, 2.75) is 0 Å². The zero-order valence-corrected chi connectivity index (χ0v) is 15.6. The van der Waals surface area contributed by atoms with Crippen molar-refractivity contribution in [1.82, 2.24) is 19.9 Å². The fourth-order valence-corrected chi connectivity index (χ4v) is 3.39. The number of aromatic amines is 2. The summed E-state index contributed by atoms with van der Waals surface area (Å²) in [6.07, 6.45) is 0. The van der Waals surface area contributed by atoms with E-state index >= 15 is 0 Å². The van der Waals surface area contributed by atoms with Gasteiger partial charge in [0.2, 0.25) is 11.8 Å². The molecule has 2 heterocycles. The fraction of sp³-hybridized carbons (Fsp3) is 0. The molecular formula is C22H16N6O2. The molecule has 0 saturated heterocycles. The van der Waals surface area contributed by atoms with Gasteiger partial charge >= 0.3 is 0 Å². The Kier molecular flexibility index (Phi) is 3.85. The molecular weight excluding hydrogens is 380 g/mol. The maximum atomic E-state index is 11.4. The first-order valence-electron chi connectivity index (χ1n) is 9.18. The number of primary amides is 2. The Morgan fingerprint density at radius 2 is 1.03 bits per heavy atom. The van der Waals surface area contributed by atoms with Crippen molar-refractivity contribution in [2.75, 3.05) is 0 Å². The molecule has 0 saturated carbocycles. The molecule has 0 atom stereocenters. The second kappa shape index (κ2) is 6.56. The smallest absolute Gasteiger partial charge is 0.248 e. The molecule has 0 aliphatic heterocycles. The molecule has 0 fully saturated rings. The maximum absolute atomic E-state index is 11.4. The number of benzene rings is 3. The first kappa shape index (κ1) is 17.6. The normalized spacial score (nSPS) is 11.2. The molecule has 5 aromatic rings. The van der Waals surface area contributed by atoms with Gasteiger partial charge in [-0.05, 0) is 36.4 Å². The van der Waals surface area contributed by atoms with Gasteiger partial charge in [0.15, 0.2) is 0 Å². The van der Waals surface area contributed by atoms with Crippen LogP contribution < -0.4 is 11.5 Å². The Balaban J connectivity index is 1.48.